The summed E-state index contributed by atoms with van der Waals surface area (Å²) in [5, 5.41) is 9.06. The number of esters is 1. The van der Waals surface area contributed by atoms with Gasteiger partial charge in [0.05, 0.1) is 26.1 Å². The molecule has 1 aromatic carbocycles. The Balaban J connectivity index is 2.12. The molecule has 4 nitrogen and oxygen atoms in total. The minimum Gasteiger partial charge on any atom is -0.469 e. The summed E-state index contributed by atoms with van der Waals surface area (Å²) in [5.74, 6) is -0.227. The van der Waals surface area contributed by atoms with E-state index in [0.29, 0.717) is 12.6 Å². The number of carbonyl (C=O) groups is 1. The van der Waals surface area contributed by atoms with Crippen molar-refractivity contribution in [3.8, 4) is 6.07 Å². The van der Waals surface area contributed by atoms with E-state index >= 15 is 0 Å². The highest BCUT2D eigenvalue weighted by Gasteiger charge is 2.23. The van der Waals surface area contributed by atoms with Crippen LogP contribution in [-0.2, 0) is 22.5 Å². The first-order valence-corrected chi connectivity index (χ1v) is 7.49. The summed E-state index contributed by atoms with van der Waals surface area (Å²) in [4.78, 5) is 13.8. The second kappa shape index (κ2) is 7.80. The van der Waals surface area contributed by atoms with Gasteiger partial charge in [-0.2, -0.15) is 5.26 Å². The molecule has 0 atom stereocenters. The molecule has 4 heteroatoms. The van der Waals surface area contributed by atoms with E-state index in [1.54, 1.807) is 0 Å². The van der Waals surface area contributed by atoms with Crippen LogP contribution in [0, 0.1) is 11.3 Å². The van der Waals surface area contributed by atoms with Gasteiger partial charge in [-0.05, 0) is 24.0 Å². The Morgan fingerprint density at radius 3 is 2.62 bits per heavy atom. The Morgan fingerprint density at radius 2 is 2.00 bits per heavy atom. The fourth-order valence-electron chi connectivity index (χ4n) is 3.01. The molecule has 1 aliphatic carbocycles. The van der Waals surface area contributed by atoms with Crippen LogP contribution in [0.1, 0.15) is 36.8 Å². The molecule has 0 radical (unpaired) electrons. The van der Waals surface area contributed by atoms with Gasteiger partial charge in [0.15, 0.2) is 0 Å². The molecule has 0 amide bonds. The lowest BCUT2D eigenvalue weighted by Crippen LogP contribution is -2.33. The number of hydrogen-bond donors (Lipinski definition) is 0. The smallest absolute Gasteiger partial charge is 0.309 e. The number of ether oxygens (including phenoxy) is 1. The number of rotatable bonds is 6. The summed E-state index contributed by atoms with van der Waals surface area (Å²) in [6.45, 7) is 1.17. The fourth-order valence-corrected chi connectivity index (χ4v) is 3.01. The summed E-state index contributed by atoms with van der Waals surface area (Å²) in [5.41, 5.74) is 2.11. The maximum atomic E-state index is 11.5. The normalized spacial score (nSPS) is 15.1. The van der Waals surface area contributed by atoms with Gasteiger partial charge in [0.1, 0.15) is 0 Å². The Hall–Kier alpha value is -1.86. The zero-order valence-corrected chi connectivity index (χ0v) is 12.5. The van der Waals surface area contributed by atoms with Gasteiger partial charge in [-0.1, -0.05) is 37.1 Å². The van der Waals surface area contributed by atoms with E-state index in [9.17, 15) is 4.79 Å². The van der Waals surface area contributed by atoms with Gasteiger partial charge in [-0.3, -0.25) is 9.69 Å². The second-order valence-corrected chi connectivity index (χ2v) is 5.52. The van der Waals surface area contributed by atoms with E-state index in [1.807, 2.05) is 24.3 Å². The summed E-state index contributed by atoms with van der Waals surface area (Å²) in [7, 11) is 1.41. The van der Waals surface area contributed by atoms with Crippen LogP contribution in [0.25, 0.3) is 0 Å². The summed E-state index contributed by atoms with van der Waals surface area (Å²) < 4.78 is 4.76. The summed E-state index contributed by atoms with van der Waals surface area (Å²) >= 11 is 0. The lowest BCUT2D eigenvalue weighted by atomic mass is 10.0. The molecule has 0 aromatic heterocycles. The van der Waals surface area contributed by atoms with E-state index in [-0.39, 0.29) is 12.4 Å². The van der Waals surface area contributed by atoms with Crippen molar-refractivity contribution in [1.29, 1.82) is 5.26 Å². The third-order valence-corrected chi connectivity index (χ3v) is 4.17. The van der Waals surface area contributed by atoms with E-state index in [1.165, 1.54) is 32.8 Å². The van der Waals surface area contributed by atoms with E-state index in [0.717, 1.165) is 17.7 Å². The quantitative estimate of drug-likeness (QED) is 0.596. The van der Waals surface area contributed by atoms with Crippen LogP contribution >= 0.6 is 0 Å². The molecule has 0 spiro atoms. The van der Waals surface area contributed by atoms with Crippen molar-refractivity contribution >= 4 is 5.97 Å². The summed E-state index contributed by atoms with van der Waals surface area (Å²) in [6, 6.07) is 10.7. The number of methoxy groups -OCH3 is 1. The van der Waals surface area contributed by atoms with Gasteiger partial charge in [-0.25, -0.2) is 0 Å². The number of hydrogen-bond acceptors (Lipinski definition) is 4. The van der Waals surface area contributed by atoms with Gasteiger partial charge < -0.3 is 4.74 Å². The predicted octanol–water partition coefficient (Wildman–Crippen LogP) is 2.67. The van der Waals surface area contributed by atoms with Crippen LogP contribution in [0.15, 0.2) is 24.3 Å². The number of nitrogens with zero attached hydrogens (tertiary/aromatic N) is 2. The molecule has 21 heavy (non-hydrogen) atoms. The molecule has 0 saturated heterocycles. The molecule has 0 heterocycles. The first-order chi connectivity index (χ1) is 10.2. The lowest BCUT2D eigenvalue weighted by Gasteiger charge is -2.27. The molecular weight excluding hydrogens is 264 g/mol. The predicted molar refractivity (Wildman–Crippen MR) is 80.4 cm³/mol. The Labute approximate surface area is 126 Å². The van der Waals surface area contributed by atoms with E-state index in [4.69, 9.17) is 10.00 Å². The Morgan fingerprint density at radius 1 is 1.33 bits per heavy atom. The largest absolute Gasteiger partial charge is 0.469 e. The average Bonchev–Trinajstić information content (AvgIpc) is 3.02. The molecule has 112 valence electrons. The van der Waals surface area contributed by atoms with Crippen LogP contribution in [-0.4, -0.2) is 30.6 Å². The molecule has 2 rings (SSSR count). The first-order valence-electron chi connectivity index (χ1n) is 7.49. The molecule has 1 saturated carbocycles. The minimum atomic E-state index is -0.227. The molecule has 0 N–H and O–H groups in total. The van der Waals surface area contributed by atoms with Crippen LogP contribution < -0.4 is 0 Å². The second-order valence-electron chi connectivity index (χ2n) is 5.52. The minimum absolute atomic E-state index is 0.227. The van der Waals surface area contributed by atoms with Crippen molar-refractivity contribution in [3.63, 3.8) is 0 Å². The maximum Gasteiger partial charge on any atom is 0.309 e. The average molecular weight is 286 g/mol. The molecule has 0 unspecified atom stereocenters. The third-order valence-electron chi connectivity index (χ3n) is 4.17. The van der Waals surface area contributed by atoms with E-state index in [2.05, 4.69) is 11.0 Å². The molecule has 1 fully saturated rings. The van der Waals surface area contributed by atoms with Crippen molar-refractivity contribution in [3.05, 3.63) is 35.4 Å². The number of nitriles is 1. The molecule has 0 bridgehead atoms. The van der Waals surface area contributed by atoms with Crippen LogP contribution in [0.3, 0.4) is 0 Å². The SMILES string of the molecule is COC(=O)Cc1ccccc1CN(CC#N)C1CCCC1. The third kappa shape index (κ3) is 4.30. The zero-order valence-electron chi connectivity index (χ0n) is 12.5. The van der Waals surface area contributed by atoms with Crippen LogP contribution in [0.4, 0.5) is 0 Å². The maximum absolute atomic E-state index is 11.5. The van der Waals surface area contributed by atoms with Crippen LogP contribution in [0.2, 0.25) is 0 Å². The van der Waals surface area contributed by atoms with Gasteiger partial charge >= 0.3 is 5.97 Å². The van der Waals surface area contributed by atoms with Gasteiger partial charge in [0.25, 0.3) is 0 Å². The van der Waals surface area contributed by atoms with Gasteiger partial charge in [0.2, 0.25) is 0 Å². The number of carbonyl (C=O) groups excluding carboxylic acids is 1. The molecule has 1 aliphatic rings. The van der Waals surface area contributed by atoms with Gasteiger partial charge in [0, 0.05) is 12.6 Å². The van der Waals surface area contributed by atoms with Crippen molar-refractivity contribution < 1.29 is 9.53 Å². The topological polar surface area (TPSA) is 53.3 Å². The fraction of sp³-hybridized carbons (Fsp3) is 0.529. The highest BCUT2D eigenvalue weighted by Crippen LogP contribution is 2.25. The van der Waals surface area contributed by atoms with Crippen LogP contribution in [0.5, 0.6) is 0 Å². The Kier molecular flexibility index (Phi) is 5.77. The molecule has 1 aromatic rings. The zero-order chi connectivity index (χ0) is 15.1. The van der Waals surface area contributed by atoms with Crippen molar-refractivity contribution in [2.75, 3.05) is 13.7 Å². The monoisotopic (exact) mass is 286 g/mol. The summed E-state index contributed by atoms with van der Waals surface area (Å²) in [6.07, 6.45) is 5.12. The lowest BCUT2D eigenvalue weighted by molar-refractivity contribution is -0.139. The van der Waals surface area contributed by atoms with Crippen molar-refractivity contribution in [1.82, 2.24) is 4.90 Å². The number of benzene rings is 1. The first kappa shape index (κ1) is 15.5. The van der Waals surface area contributed by atoms with Gasteiger partial charge in [-0.15, -0.1) is 0 Å². The highest BCUT2D eigenvalue weighted by molar-refractivity contribution is 5.72. The molecule has 0 aliphatic heterocycles. The Bertz CT molecular complexity index is 516. The van der Waals surface area contributed by atoms with Crippen molar-refractivity contribution in [2.45, 2.75) is 44.7 Å². The highest BCUT2D eigenvalue weighted by atomic mass is 16.5. The molecular formula is C17H22N2O2. The van der Waals surface area contributed by atoms with E-state index < -0.39 is 0 Å². The van der Waals surface area contributed by atoms with Crippen molar-refractivity contribution in [2.24, 2.45) is 0 Å². The standard InChI is InChI=1S/C17H22N2O2/c1-21-17(20)12-14-6-2-3-7-15(14)13-19(11-10-18)16-8-4-5-9-16/h2-3,6-7,16H,4-5,8-9,11-13H2,1H3.